The Balaban J connectivity index is 3.01. The molecule has 0 radical (unpaired) electrons. The Hall–Kier alpha value is -1.44. The van der Waals surface area contributed by atoms with Crippen molar-refractivity contribution in [2.75, 3.05) is 0 Å². The monoisotopic (exact) mass is 165 g/mol. The minimum Gasteiger partial charge on any atom is -0.507 e. The van der Waals surface area contributed by atoms with E-state index in [0.717, 1.165) is 0 Å². The number of benzene rings is 1. The molecule has 0 spiro atoms. The van der Waals surface area contributed by atoms with Crippen molar-refractivity contribution < 1.29 is 10.6 Å². The number of phenolic OH excluding ortho intramolecular Hbond substituents is 1. The number of nitrogens with zero attached hydrogens (tertiary/aromatic N) is 1. The van der Waals surface area contributed by atoms with Gasteiger partial charge >= 0.3 is 0 Å². The fourth-order valence-electron chi connectivity index (χ4n) is 1.20. The molecule has 2 nitrogen and oxygen atoms in total. The average molecular weight is 165 g/mol. The van der Waals surface area contributed by atoms with Gasteiger partial charge in [-0.15, -0.1) is 0 Å². The minimum absolute atomic E-state index is 0.00204. The van der Waals surface area contributed by atoms with Gasteiger partial charge in [0.2, 0.25) is 0 Å². The number of phenols is 1. The van der Waals surface area contributed by atoms with Crippen molar-refractivity contribution in [1.82, 2.24) is 4.57 Å². The van der Waals surface area contributed by atoms with E-state index in [1.807, 2.05) is 6.92 Å². The lowest BCUT2D eigenvalue weighted by molar-refractivity contribution is 0.481. The summed E-state index contributed by atoms with van der Waals surface area (Å²) in [5.74, 6) is -0.381. The summed E-state index contributed by atoms with van der Waals surface area (Å²) in [6.07, 6.45) is -0.00204. The first-order valence-electron chi connectivity index (χ1n) is 5.77. The maximum Gasteiger partial charge on any atom is 0.124 e. The summed E-state index contributed by atoms with van der Waals surface area (Å²) >= 11 is 0. The first-order chi connectivity index (χ1) is 7.49. The van der Waals surface area contributed by atoms with Crippen LogP contribution in [-0.4, -0.2) is 9.67 Å². The zero-order chi connectivity index (χ0) is 12.0. The van der Waals surface area contributed by atoms with Gasteiger partial charge in [-0.2, -0.15) is 0 Å². The van der Waals surface area contributed by atoms with Crippen LogP contribution in [0.4, 0.5) is 0 Å². The number of fused-ring (bicyclic) bond motifs is 1. The van der Waals surface area contributed by atoms with Crippen molar-refractivity contribution in [2.45, 2.75) is 13.5 Å². The number of aryl methyl sites for hydroxylation is 1. The van der Waals surface area contributed by atoms with E-state index in [1.54, 1.807) is 0 Å². The highest BCUT2D eigenvalue weighted by Gasteiger charge is 2.01. The van der Waals surface area contributed by atoms with Gasteiger partial charge in [0.05, 0.1) is 11.0 Å². The van der Waals surface area contributed by atoms with E-state index in [4.69, 9.17) is 5.48 Å². The summed E-state index contributed by atoms with van der Waals surface area (Å²) in [6.45, 7) is 2.32. The lowest BCUT2D eigenvalue weighted by Gasteiger charge is -2.00. The number of rotatable bonds is 1. The fourth-order valence-corrected chi connectivity index (χ4v) is 1.20. The summed E-state index contributed by atoms with van der Waals surface area (Å²) in [5.41, 5.74) is 0.469. The third-order valence-corrected chi connectivity index (χ3v) is 1.82. The Morgan fingerprint density at radius 2 is 2.42 bits per heavy atom. The van der Waals surface area contributed by atoms with Gasteiger partial charge in [0.1, 0.15) is 5.75 Å². The van der Waals surface area contributed by atoms with Gasteiger partial charge in [0.25, 0.3) is 0 Å². The van der Waals surface area contributed by atoms with E-state index in [0.29, 0.717) is 12.1 Å². The van der Waals surface area contributed by atoms with Crippen LogP contribution in [0.1, 0.15) is 12.4 Å². The first kappa shape index (κ1) is 3.99. The molecule has 1 N–H and O–H groups in total. The quantitative estimate of drug-likeness (QED) is 0.689. The Morgan fingerprint density at radius 1 is 1.58 bits per heavy atom. The van der Waals surface area contributed by atoms with Crippen LogP contribution in [-0.2, 0) is 6.54 Å². The zero-order valence-electron chi connectivity index (χ0n) is 10.7. The third kappa shape index (κ3) is 0.881. The second-order valence-electron chi connectivity index (χ2n) is 2.50. The number of hydrogen-bond acceptors (Lipinski definition) is 1. The van der Waals surface area contributed by atoms with Crippen molar-refractivity contribution in [3.05, 3.63) is 30.4 Å². The molecule has 0 aliphatic heterocycles. The molecule has 2 aromatic rings. The lowest BCUT2D eigenvalue weighted by atomic mass is 10.2. The topological polar surface area (TPSA) is 25.2 Å². The van der Waals surface area contributed by atoms with Crippen LogP contribution in [0.5, 0.6) is 5.75 Å². The van der Waals surface area contributed by atoms with Crippen LogP contribution >= 0.6 is 0 Å². The summed E-state index contributed by atoms with van der Waals surface area (Å²) in [7, 11) is 0. The molecule has 1 aromatic heterocycles. The van der Waals surface area contributed by atoms with Crippen LogP contribution < -0.4 is 0 Å². The van der Waals surface area contributed by atoms with Crippen molar-refractivity contribution in [3.8, 4) is 5.75 Å². The van der Waals surface area contributed by atoms with Crippen LogP contribution in [0.3, 0.4) is 0 Å². The van der Waals surface area contributed by atoms with Crippen LogP contribution in [0.2, 0.25) is 0 Å². The molecule has 12 heavy (non-hydrogen) atoms. The third-order valence-electron chi connectivity index (χ3n) is 1.82. The number of aromatic hydroxyl groups is 1. The predicted octanol–water partition coefficient (Wildman–Crippen LogP) is 2.37. The van der Waals surface area contributed by atoms with Crippen molar-refractivity contribution >= 4 is 10.9 Å². The van der Waals surface area contributed by atoms with Crippen molar-refractivity contribution in [1.29, 1.82) is 0 Å². The maximum absolute atomic E-state index is 9.73. The van der Waals surface area contributed by atoms with Crippen LogP contribution in [0, 0.1) is 0 Å². The molecular weight excluding hydrogens is 150 g/mol. The molecule has 2 rings (SSSR count). The molecule has 0 aliphatic rings. The Bertz CT molecular complexity index is 576. The molecule has 1 aromatic carbocycles. The second-order valence-corrected chi connectivity index (χ2v) is 2.50. The van der Waals surface area contributed by atoms with E-state index in [9.17, 15) is 5.11 Å². The number of aromatic nitrogens is 1. The minimum atomic E-state index is -0.381. The first-order valence-corrected chi connectivity index (χ1v) is 3.77. The largest absolute Gasteiger partial charge is 0.507 e. The summed E-state index contributed by atoms with van der Waals surface area (Å²) in [5, 5.41) is 9.92. The fraction of sp³-hybridized carbons (Fsp3) is 0.200. The molecule has 1 heterocycles. The molecule has 0 atom stereocenters. The average Bonchev–Trinajstić information content (AvgIpc) is 2.48. The molecule has 0 amide bonds. The molecular formula is C10H11NO. The van der Waals surface area contributed by atoms with Crippen LogP contribution in [0.15, 0.2) is 30.4 Å². The molecule has 0 saturated carbocycles. The highest BCUT2D eigenvalue weighted by Crippen LogP contribution is 2.24. The molecule has 62 valence electrons. The van der Waals surface area contributed by atoms with Crippen molar-refractivity contribution in [3.63, 3.8) is 0 Å². The van der Waals surface area contributed by atoms with E-state index in [1.165, 1.54) is 10.6 Å². The van der Waals surface area contributed by atoms with Gasteiger partial charge in [0.15, 0.2) is 0 Å². The van der Waals surface area contributed by atoms with Gasteiger partial charge in [-0.1, -0.05) is 6.04 Å². The number of hydrogen-bond donors (Lipinski definition) is 1. The zero-order valence-corrected chi connectivity index (χ0v) is 6.68. The van der Waals surface area contributed by atoms with E-state index in [2.05, 4.69) is 0 Å². The summed E-state index contributed by atoms with van der Waals surface area (Å²) in [6, 6.07) is 0.922. The summed E-state index contributed by atoms with van der Waals surface area (Å²) < 4.78 is 31.9. The SMILES string of the molecule is [2H]c1cc2c(c([2H])c([2H])n2CC)c(O)c1[2H]. The molecule has 0 fully saturated rings. The smallest absolute Gasteiger partial charge is 0.124 e. The summed E-state index contributed by atoms with van der Waals surface area (Å²) in [4.78, 5) is 0. The highest BCUT2D eigenvalue weighted by atomic mass is 16.3. The van der Waals surface area contributed by atoms with Gasteiger partial charge < -0.3 is 9.67 Å². The Morgan fingerprint density at radius 3 is 3.17 bits per heavy atom. The standard InChI is InChI=1S/C10H11NO/c1-2-11-7-6-8-9(11)4-3-5-10(8)12/h3-7,12H,2H2,1H3/i3D,5D,6D,7D. The van der Waals surface area contributed by atoms with Gasteiger partial charge in [-0.05, 0) is 25.1 Å². The van der Waals surface area contributed by atoms with Crippen molar-refractivity contribution in [2.24, 2.45) is 0 Å². The Kier molecular flexibility index (Phi) is 0.849. The highest BCUT2D eigenvalue weighted by molar-refractivity contribution is 5.86. The van der Waals surface area contributed by atoms with E-state index >= 15 is 0 Å². The van der Waals surface area contributed by atoms with Gasteiger partial charge in [-0.25, -0.2) is 0 Å². The second kappa shape index (κ2) is 2.55. The van der Waals surface area contributed by atoms with Gasteiger partial charge in [0, 0.05) is 18.1 Å². The lowest BCUT2D eigenvalue weighted by Crippen LogP contribution is -1.89. The van der Waals surface area contributed by atoms with E-state index in [-0.39, 0.29) is 35.4 Å². The predicted molar refractivity (Wildman–Crippen MR) is 49.3 cm³/mol. The van der Waals surface area contributed by atoms with Crippen LogP contribution in [0.25, 0.3) is 10.9 Å². The molecule has 0 aliphatic carbocycles. The Labute approximate surface area is 76.7 Å². The molecule has 2 heteroatoms. The van der Waals surface area contributed by atoms with Gasteiger partial charge in [-0.3, -0.25) is 0 Å². The normalized spacial score (nSPS) is 15.4. The molecule has 0 saturated heterocycles. The van der Waals surface area contributed by atoms with E-state index < -0.39 is 0 Å². The molecule has 0 unspecified atom stereocenters. The maximum atomic E-state index is 9.73. The molecule has 0 bridgehead atoms.